The summed E-state index contributed by atoms with van der Waals surface area (Å²) in [6, 6.07) is 19.7. The van der Waals surface area contributed by atoms with Gasteiger partial charge in [0.2, 0.25) is 18.6 Å². The lowest BCUT2D eigenvalue weighted by Crippen LogP contribution is -2.45. The second-order valence-electron chi connectivity index (χ2n) is 8.04. The van der Waals surface area contributed by atoms with E-state index in [4.69, 9.17) is 19.5 Å². The van der Waals surface area contributed by atoms with Crippen molar-refractivity contribution in [2.24, 2.45) is 0 Å². The molecule has 6 rings (SSSR count). The van der Waals surface area contributed by atoms with Crippen LogP contribution in [0.15, 0.2) is 60.7 Å². The zero-order valence-corrected chi connectivity index (χ0v) is 17.3. The summed E-state index contributed by atoms with van der Waals surface area (Å²) >= 11 is 0. The summed E-state index contributed by atoms with van der Waals surface area (Å²) in [6.45, 7) is 0.0761. The summed E-state index contributed by atoms with van der Waals surface area (Å²) in [4.78, 5) is 28.2. The Hall–Kier alpha value is -4.51. The van der Waals surface area contributed by atoms with Gasteiger partial charge in [-0.05, 0) is 35.9 Å². The minimum Gasteiger partial charge on any atom is -0.491 e. The summed E-state index contributed by atoms with van der Waals surface area (Å²) in [7, 11) is 0. The molecular formula is C25H17N3O5. The summed E-state index contributed by atoms with van der Waals surface area (Å²) < 4.78 is 16.9. The van der Waals surface area contributed by atoms with Crippen molar-refractivity contribution in [1.82, 2.24) is 0 Å². The van der Waals surface area contributed by atoms with E-state index in [9.17, 15) is 9.59 Å². The van der Waals surface area contributed by atoms with Gasteiger partial charge in [0.1, 0.15) is 24.3 Å². The fraction of sp³-hybridized carbons (Fsp3) is 0.160. The molecular weight excluding hydrogens is 422 g/mol. The van der Waals surface area contributed by atoms with Crippen LogP contribution in [0.5, 0.6) is 17.2 Å². The fourth-order valence-corrected chi connectivity index (χ4v) is 4.73. The van der Waals surface area contributed by atoms with Crippen LogP contribution in [-0.4, -0.2) is 31.8 Å². The average molecular weight is 439 g/mol. The Morgan fingerprint density at radius 1 is 1.00 bits per heavy atom. The van der Waals surface area contributed by atoms with E-state index in [1.165, 1.54) is 4.90 Å². The predicted molar refractivity (Wildman–Crippen MR) is 117 cm³/mol. The molecule has 3 aliphatic rings. The van der Waals surface area contributed by atoms with Crippen molar-refractivity contribution in [3.63, 3.8) is 0 Å². The Labute approximate surface area is 188 Å². The molecule has 1 atom stereocenters. The van der Waals surface area contributed by atoms with Gasteiger partial charge in [0.05, 0.1) is 11.6 Å². The molecule has 3 aromatic rings. The lowest BCUT2D eigenvalue weighted by Gasteiger charge is -2.23. The minimum atomic E-state index is -1.06. The molecule has 0 radical (unpaired) electrons. The Bertz CT molecular complexity index is 1380. The molecule has 3 aromatic carbocycles. The first-order valence-corrected chi connectivity index (χ1v) is 10.4. The molecule has 0 saturated carbocycles. The first kappa shape index (κ1) is 19.2. The standard InChI is InChI=1S/C25H17N3O5/c26-11-15-4-3-5-16(8-15)27-23(29)12-28-19-7-2-1-6-17(19)25(24(28)30)13-31-20-10-22-21(9-18(20)25)32-14-33-22/h1-10H,12-14H2,(H,27,29). The van der Waals surface area contributed by atoms with Crippen LogP contribution in [0.3, 0.4) is 0 Å². The SMILES string of the molecule is N#Cc1cccc(NC(=O)CN2C(=O)C3(COc4cc5c(cc43)OCO5)c3ccccc32)c1. The molecule has 1 spiro atoms. The number of anilines is 2. The van der Waals surface area contributed by atoms with Gasteiger partial charge in [-0.1, -0.05) is 24.3 Å². The number of carbonyl (C=O) groups is 2. The van der Waals surface area contributed by atoms with E-state index in [0.29, 0.717) is 39.8 Å². The van der Waals surface area contributed by atoms with Gasteiger partial charge >= 0.3 is 0 Å². The van der Waals surface area contributed by atoms with Crippen molar-refractivity contribution >= 4 is 23.2 Å². The molecule has 0 aromatic heterocycles. The van der Waals surface area contributed by atoms with E-state index in [2.05, 4.69) is 5.32 Å². The van der Waals surface area contributed by atoms with Crippen molar-refractivity contribution < 1.29 is 23.8 Å². The maximum Gasteiger partial charge on any atom is 0.246 e. The molecule has 0 fully saturated rings. The minimum absolute atomic E-state index is 0.120. The average Bonchev–Trinajstić information content (AvgIpc) is 3.50. The third kappa shape index (κ3) is 2.76. The number of hydrogen-bond acceptors (Lipinski definition) is 6. The Balaban J connectivity index is 1.36. The molecule has 0 bridgehead atoms. The third-order valence-electron chi connectivity index (χ3n) is 6.22. The van der Waals surface area contributed by atoms with Crippen molar-refractivity contribution in [3.8, 4) is 23.3 Å². The molecule has 1 unspecified atom stereocenters. The third-order valence-corrected chi connectivity index (χ3v) is 6.22. The smallest absolute Gasteiger partial charge is 0.246 e. The number of fused-ring (bicyclic) bond motifs is 5. The number of benzene rings is 3. The van der Waals surface area contributed by atoms with Gasteiger partial charge in [-0.25, -0.2) is 0 Å². The second-order valence-corrected chi connectivity index (χ2v) is 8.04. The molecule has 8 nitrogen and oxygen atoms in total. The molecule has 8 heteroatoms. The molecule has 2 amide bonds. The van der Waals surface area contributed by atoms with Gasteiger partial charge in [0, 0.05) is 23.0 Å². The van der Waals surface area contributed by atoms with E-state index in [1.54, 1.807) is 36.4 Å². The first-order chi connectivity index (χ1) is 16.1. The molecule has 162 valence electrons. The number of ether oxygens (including phenoxy) is 3. The molecule has 3 heterocycles. The van der Waals surface area contributed by atoms with Gasteiger partial charge in [-0.15, -0.1) is 0 Å². The zero-order chi connectivity index (χ0) is 22.6. The number of hydrogen-bond donors (Lipinski definition) is 1. The number of nitrogens with zero attached hydrogens (tertiary/aromatic N) is 2. The highest BCUT2D eigenvalue weighted by atomic mass is 16.7. The predicted octanol–water partition coefficient (Wildman–Crippen LogP) is 2.95. The van der Waals surface area contributed by atoms with Gasteiger partial charge in [-0.2, -0.15) is 5.26 Å². The van der Waals surface area contributed by atoms with Crippen LogP contribution in [0.4, 0.5) is 11.4 Å². The number of rotatable bonds is 3. The van der Waals surface area contributed by atoms with Crippen LogP contribution in [0.25, 0.3) is 0 Å². The van der Waals surface area contributed by atoms with E-state index in [0.717, 1.165) is 5.56 Å². The van der Waals surface area contributed by atoms with E-state index < -0.39 is 5.41 Å². The number of amides is 2. The maximum atomic E-state index is 13.9. The molecule has 0 saturated heterocycles. The van der Waals surface area contributed by atoms with Crippen LogP contribution < -0.4 is 24.4 Å². The number of nitrogens with one attached hydrogen (secondary N) is 1. The Morgan fingerprint density at radius 2 is 1.82 bits per heavy atom. The second kappa shape index (κ2) is 7.00. The molecule has 0 aliphatic carbocycles. The van der Waals surface area contributed by atoms with Crippen LogP contribution in [0.1, 0.15) is 16.7 Å². The summed E-state index contributed by atoms with van der Waals surface area (Å²) in [5, 5.41) is 11.9. The quantitative estimate of drug-likeness (QED) is 0.674. The lowest BCUT2D eigenvalue weighted by atomic mass is 9.77. The zero-order valence-electron chi connectivity index (χ0n) is 17.3. The summed E-state index contributed by atoms with van der Waals surface area (Å²) in [5.41, 5.74) is 2.02. The van der Waals surface area contributed by atoms with Crippen molar-refractivity contribution in [2.45, 2.75) is 5.41 Å². The summed E-state index contributed by atoms with van der Waals surface area (Å²) in [6.07, 6.45) is 0. The molecule has 33 heavy (non-hydrogen) atoms. The highest BCUT2D eigenvalue weighted by molar-refractivity contribution is 6.14. The highest BCUT2D eigenvalue weighted by Crippen LogP contribution is 2.54. The van der Waals surface area contributed by atoms with Crippen LogP contribution in [0, 0.1) is 11.3 Å². The van der Waals surface area contributed by atoms with Gasteiger partial charge in [-0.3, -0.25) is 9.59 Å². The lowest BCUT2D eigenvalue weighted by molar-refractivity contribution is -0.124. The maximum absolute atomic E-state index is 13.9. The van der Waals surface area contributed by atoms with Crippen molar-refractivity contribution in [1.29, 1.82) is 5.26 Å². The van der Waals surface area contributed by atoms with Crippen molar-refractivity contribution in [3.05, 3.63) is 77.4 Å². The van der Waals surface area contributed by atoms with Gasteiger partial charge < -0.3 is 24.4 Å². The largest absolute Gasteiger partial charge is 0.491 e. The van der Waals surface area contributed by atoms with Gasteiger partial charge in [0.15, 0.2) is 11.5 Å². The normalized spacial score (nSPS) is 19.1. The number of nitriles is 1. The Morgan fingerprint density at radius 3 is 2.67 bits per heavy atom. The summed E-state index contributed by atoms with van der Waals surface area (Å²) in [5.74, 6) is 1.12. The van der Waals surface area contributed by atoms with Gasteiger partial charge in [0.25, 0.3) is 0 Å². The highest BCUT2D eigenvalue weighted by Gasteiger charge is 2.57. The molecule has 1 N–H and O–H groups in total. The fourth-order valence-electron chi connectivity index (χ4n) is 4.73. The van der Waals surface area contributed by atoms with Crippen LogP contribution >= 0.6 is 0 Å². The number of para-hydroxylation sites is 1. The van der Waals surface area contributed by atoms with E-state index >= 15 is 0 Å². The van der Waals surface area contributed by atoms with E-state index in [1.807, 2.05) is 30.3 Å². The van der Waals surface area contributed by atoms with E-state index in [-0.39, 0.29) is 31.8 Å². The number of carbonyl (C=O) groups excluding carboxylic acids is 2. The van der Waals surface area contributed by atoms with Crippen molar-refractivity contribution in [2.75, 3.05) is 30.2 Å². The van der Waals surface area contributed by atoms with Crippen LogP contribution in [-0.2, 0) is 15.0 Å². The monoisotopic (exact) mass is 439 g/mol. The first-order valence-electron chi connectivity index (χ1n) is 10.4. The van der Waals surface area contributed by atoms with Crippen LogP contribution in [0.2, 0.25) is 0 Å². The molecule has 3 aliphatic heterocycles. The Kier molecular flexibility index (Phi) is 4.07. The topological polar surface area (TPSA) is 101 Å².